The molecule has 1 aliphatic heterocycles. The Kier molecular flexibility index (Phi) is 3.59. The molecular weight excluding hydrogens is 244 g/mol. The Labute approximate surface area is 112 Å². The molecule has 2 heterocycles. The number of aryl methyl sites for hydroxylation is 1. The fraction of sp³-hybridized carbons (Fsp3) is 0.615. The first-order valence-corrected chi connectivity index (χ1v) is 6.65. The Morgan fingerprint density at radius 1 is 1.32 bits per heavy atom. The maximum absolute atomic E-state index is 12.0. The molecule has 0 unspecified atom stereocenters. The monoisotopic (exact) mass is 264 g/mol. The van der Waals surface area contributed by atoms with Crippen LogP contribution in [-0.4, -0.2) is 38.7 Å². The Bertz CT molecular complexity index is 491. The molecule has 0 aliphatic carbocycles. The van der Waals surface area contributed by atoms with E-state index in [0.29, 0.717) is 25.8 Å². The number of aromatic nitrogens is 2. The van der Waals surface area contributed by atoms with Crippen LogP contribution < -0.4 is 5.32 Å². The molecule has 1 N–H and O–H groups in total. The quantitative estimate of drug-likeness (QED) is 0.809. The fourth-order valence-corrected chi connectivity index (χ4v) is 2.74. The number of nitrogens with zero attached hydrogens (tertiary/aromatic N) is 3. The smallest absolute Gasteiger partial charge is 0.309 e. The van der Waals surface area contributed by atoms with Crippen LogP contribution in [0.1, 0.15) is 32.4 Å². The standard InChI is InChI=1S/C13H20N4O2/c1-4-13(5-2)11(18)15-12(19)17(13)9-7-10-6-8-14-16(10)3/h6,8H,4-5,7,9H2,1-3H3,(H,15,18,19). The van der Waals surface area contributed by atoms with Gasteiger partial charge in [0.2, 0.25) is 0 Å². The predicted molar refractivity (Wildman–Crippen MR) is 70.5 cm³/mol. The molecule has 104 valence electrons. The van der Waals surface area contributed by atoms with Gasteiger partial charge in [0.05, 0.1) is 0 Å². The van der Waals surface area contributed by atoms with Gasteiger partial charge in [-0.3, -0.25) is 14.8 Å². The van der Waals surface area contributed by atoms with E-state index in [1.165, 1.54) is 0 Å². The van der Waals surface area contributed by atoms with Gasteiger partial charge in [0.1, 0.15) is 5.54 Å². The second-order valence-corrected chi connectivity index (χ2v) is 4.85. The summed E-state index contributed by atoms with van der Waals surface area (Å²) in [7, 11) is 1.87. The van der Waals surface area contributed by atoms with E-state index in [0.717, 1.165) is 5.69 Å². The third-order valence-electron chi connectivity index (χ3n) is 4.09. The van der Waals surface area contributed by atoms with E-state index in [1.807, 2.05) is 27.0 Å². The predicted octanol–water partition coefficient (Wildman–Crippen LogP) is 1.07. The average molecular weight is 264 g/mol. The first-order chi connectivity index (χ1) is 9.05. The number of hydrogen-bond donors (Lipinski definition) is 1. The van der Waals surface area contributed by atoms with Crippen molar-refractivity contribution in [2.45, 2.75) is 38.6 Å². The van der Waals surface area contributed by atoms with E-state index in [2.05, 4.69) is 10.4 Å². The summed E-state index contributed by atoms with van der Waals surface area (Å²) in [6, 6.07) is 1.64. The minimum atomic E-state index is -0.685. The van der Waals surface area contributed by atoms with Crippen molar-refractivity contribution in [2.75, 3.05) is 6.54 Å². The minimum Gasteiger partial charge on any atom is -0.309 e. The van der Waals surface area contributed by atoms with Gasteiger partial charge in [-0.05, 0) is 18.9 Å². The molecule has 3 amide bonds. The highest BCUT2D eigenvalue weighted by atomic mass is 16.2. The highest BCUT2D eigenvalue weighted by Gasteiger charge is 2.49. The molecular formula is C13H20N4O2. The van der Waals surface area contributed by atoms with E-state index < -0.39 is 5.54 Å². The molecule has 2 rings (SSSR count). The maximum Gasteiger partial charge on any atom is 0.325 e. The topological polar surface area (TPSA) is 67.2 Å². The van der Waals surface area contributed by atoms with E-state index in [1.54, 1.807) is 15.8 Å². The third kappa shape index (κ3) is 2.11. The summed E-state index contributed by atoms with van der Waals surface area (Å²) in [6.45, 7) is 4.41. The lowest BCUT2D eigenvalue weighted by Gasteiger charge is -2.33. The van der Waals surface area contributed by atoms with Crippen LogP contribution in [0.15, 0.2) is 12.3 Å². The summed E-state index contributed by atoms with van der Waals surface area (Å²) in [5.74, 6) is -0.174. The first kappa shape index (κ1) is 13.6. The fourth-order valence-electron chi connectivity index (χ4n) is 2.74. The van der Waals surface area contributed by atoms with Crippen molar-refractivity contribution in [2.24, 2.45) is 7.05 Å². The third-order valence-corrected chi connectivity index (χ3v) is 4.09. The van der Waals surface area contributed by atoms with Crippen molar-refractivity contribution in [3.05, 3.63) is 18.0 Å². The number of amides is 3. The molecule has 0 saturated carbocycles. The van der Waals surface area contributed by atoms with E-state index in [-0.39, 0.29) is 11.9 Å². The number of urea groups is 1. The molecule has 1 fully saturated rings. The Morgan fingerprint density at radius 3 is 2.53 bits per heavy atom. The zero-order chi connectivity index (χ0) is 14.0. The molecule has 0 aromatic carbocycles. The largest absolute Gasteiger partial charge is 0.325 e. The van der Waals surface area contributed by atoms with Crippen molar-refractivity contribution >= 4 is 11.9 Å². The van der Waals surface area contributed by atoms with Crippen molar-refractivity contribution in [3.8, 4) is 0 Å². The van der Waals surface area contributed by atoms with E-state index in [4.69, 9.17) is 0 Å². The van der Waals surface area contributed by atoms with Gasteiger partial charge in [-0.1, -0.05) is 13.8 Å². The molecule has 0 atom stereocenters. The van der Waals surface area contributed by atoms with Crippen LogP contribution in [0.3, 0.4) is 0 Å². The van der Waals surface area contributed by atoms with Crippen LogP contribution in [0.5, 0.6) is 0 Å². The van der Waals surface area contributed by atoms with Gasteiger partial charge in [-0.2, -0.15) is 5.10 Å². The van der Waals surface area contributed by atoms with Crippen LogP contribution in [-0.2, 0) is 18.3 Å². The molecule has 6 nitrogen and oxygen atoms in total. The zero-order valence-electron chi connectivity index (χ0n) is 11.6. The lowest BCUT2D eigenvalue weighted by molar-refractivity contribution is -0.127. The summed E-state index contributed by atoms with van der Waals surface area (Å²) in [5.41, 5.74) is 0.364. The Hall–Kier alpha value is -1.85. The molecule has 1 aromatic rings. The van der Waals surface area contributed by atoms with E-state index >= 15 is 0 Å². The van der Waals surface area contributed by atoms with Gasteiger partial charge in [0, 0.05) is 31.9 Å². The van der Waals surface area contributed by atoms with E-state index in [9.17, 15) is 9.59 Å². The average Bonchev–Trinajstić information content (AvgIpc) is 2.89. The van der Waals surface area contributed by atoms with Gasteiger partial charge < -0.3 is 4.90 Å². The van der Waals surface area contributed by atoms with Gasteiger partial charge >= 0.3 is 6.03 Å². The SMILES string of the molecule is CCC1(CC)C(=O)NC(=O)N1CCc1ccnn1C. The Balaban J connectivity index is 2.15. The van der Waals surface area contributed by atoms with Crippen LogP contribution >= 0.6 is 0 Å². The molecule has 1 aliphatic rings. The summed E-state index contributed by atoms with van der Waals surface area (Å²) in [5, 5.41) is 6.53. The van der Waals surface area contributed by atoms with Crippen molar-refractivity contribution < 1.29 is 9.59 Å². The normalized spacial score (nSPS) is 17.9. The van der Waals surface area contributed by atoms with Crippen molar-refractivity contribution in [1.29, 1.82) is 0 Å². The van der Waals surface area contributed by atoms with Gasteiger partial charge in [-0.15, -0.1) is 0 Å². The number of rotatable bonds is 5. The summed E-state index contributed by atoms with van der Waals surface area (Å²) < 4.78 is 1.79. The molecule has 0 radical (unpaired) electrons. The lowest BCUT2D eigenvalue weighted by Crippen LogP contribution is -2.49. The number of carbonyl (C=O) groups excluding carboxylic acids is 2. The van der Waals surface area contributed by atoms with Crippen LogP contribution in [0.4, 0.5) is 4.79 Å². The molecule has 0 spiro atoms. The van der Waals surface area contributed by atoms with Gasteiger partial charge in [-0.25, -0.2) is 4.79 Å². The van der Waals surface area contributed by atoms with Gasteiger partial charge in [0.15, 0.2) is 0 Å². The van der Waals surface area contributed by atoms with Crippen molar-refractivity contribution in [3.63, 3.8) is 0 Å². The zero-order valence-corrected chi connectivity index (χ0v) is 11.6. The highest BCUT2D eigenvalue weighted by molar-refractivity contribution is 6.06. The molecule has 6 heteroatoms. The molecule has 19 heavy (non-hydrogen) atoms. The second-order valence-electron chi connectivity index (χ2n) is 4.85. The van der Waals surface area contributed by atoms with Gasteiger partial charge in [0.25, 0.3) is 5.91 Å². The van der Waals surface area contributed by atoms with Crippen LogP contribution in [0.2, 0.25) is 0 Å². The van der Waals surface area contributed by atoms with Crippen LogP contribution in [0.25, 0.3) is 0 Å². The first-order valence-electron chi connectivity index (χ1n) is 6.65. The Morgan fingerprint density at radius 2 is 2.00 bits per heavy atom. The number of nitrogens with one attached hydrogen (secondary N) is 1. The number of carbonyl (C=O) groups is 2. The maximum atomic E-state index is 12.0. The number of imide groups is 1. The van der Waals surface area contributed by atoms with Crippen molar-refractivity contribution in [1.82, 2.24) is 20.0 Å². The second kappa shape index (κ2) is 5.03. The summed E-state index contributed by atoms with van der Waals surface area (Å²) >= 11 is 0. The van der Waals surface area contributed by atoms with Crippen LogP contribution in [0, 0.1) is 0 Å². The minimum absolute atomic E-state index is 0.174. The summed E-state index contributed by atoms with van der Waals surface area (Å²) in [6.07, 6.45) is 3.69. The molecule has 1 aromatic heterocycles. The molecule has 1 saturated heterocycles. The molecule has 0 bridgehead atoms. The lowest BCUT2D eigenvalue weighted by atomic mass is 9.91. The number of hydrogen-bond acceptors (Lipinski definition) is 3. The summed E-state index contributed by atoms with van der Waals surface area (Å²) in [4.78, 5) is 25.6. The highest BCUT2D eigenvalue weighted by Crippen LogP contribution is 2.29.